The summed E-state index contributed by atoms with van der Waals surface area (Å²) in [6, 6.07) is 4.02. The minimum Gasteiger partial charge on any atom is -0.384 e. The number of hydrogen-bond donors (Lipinski definition) is 1. The molecular formula is C13H21NOS. The van der Waals surface area contributed by atoms with Gasteiger partial charge in [0.15, 0.2) is 0 Å². The molecule has 1 aromatic rings. The number of thiophene rings is 1. The third-order valence-electron chi connectivity index (χ3n) is 3.05. The van der Waals surface area contributed by atoms with Crippen molar-refractivity contribution in [1.82, 2.24) is 4.90 Å². The Kier molecular flexibility index (Phi) is 3.81. The number of nitrogens with zero attached hydrogens (tertiary/aromatic N) is 1. The van der Waals surface area contributed by atoms with Crippen LogP contribution in [0, 0.1) is 5.92 Å². The summed E-state index contributed by atoms with van der Waals surface area (Å²) in [6.45, 7) is 9.94. The first-order valence-electron chi connectivity index (χ1n) is 5.46. The number of aliphatic hydroxyl groups is 1. The van der Waals surface area contributed by atoms with Crippen molar-refractivity contribution in [3.63, 3.8) is 0 Å². The van der Waals surface area contributed by atoms with Gasteiger partial charge < -0.3 is 10.0 Å². The maximum Gasteiger partial charge on any atom is 0.0982 e. The van der Waals surface area contributed by atoms with E-state index in [1.165, 1.54) is 0 Å². The molecule has 90 valence electrons. The maximum absolute atomic E-state index is 10.4. The highest BCUT2D eigenvalue weighted by Crippen LogP contribution is 2.36. The van der Waals surface area contributed by atoms with Gasteiger partial charge in [-0.05, 0) is 25.0 Å². The van der Waals surface area contributed by atoms with Crippen molar-refractivity contribution in [2.24, 2.45) is 5.92 Å². The summed E-state index contributed by atoms with van der Waals surface area (Å²) in [7, 11) is 3.95. The van der Waals surface area contributed by atoms with E-state index in [2.05, 4.69) is 6.58 Å². The van der Waals surface area contributed by atoms with E-state index in [1.807, 2.05) is 51.9 Å². The van der Waals surface area contributed by atoms with Gasteiger partial charge in [-0.3, -0.25) is 0 Å². The molecule has 1 unspecified atom stereocenters. The van der Waals surface area contributed by atoms with Crippen LogP contribution in [0.2, 0.25) is 0 Å². The van der Waals surface area contributed by atoms with Gasteiger partial charge in [-0.25, -0.2) is 0 Å². The normalized spacial score (nSPS) is 14.9. The fraction of sp³-hybridized carbons (Fsp3) is 0.538. The summed E-state index contributed by atoms with van der Waals surface area (Å²) in [5, 5.41) is 10.4. The summed E-state index contributed by atoms with van der Waals surface area (Å²) in [4.78, 5) is 4.10. The minimum atomic E-state index is -0.754. The summed E-state index contributed by atoms with van der Waals surface area (Å²) < 4.78 is 0. The third-order valence-corrected chi connectivity index (χ3v) is 4.41. The second-order valence-corrected chi connectivity index (χ2v) is 5.89. The van der Waals surface area contributed by atoms with Gasteiger partial charge in [0.05, 0.1) is 10.5 Å². The molecule has 1 N–H and O–H groups in total. The third kappa shape index (κ3) is 2.47. The number of hydrogen-bond acceptors (Lipinski definition) is 3. The molecule has 0 aliphatic heterocycles. The molecule has 0 aliphatic rings. The van der Waals surface area contributed by atoms with Crippen LogP contribution in [0.1, 0.15) is 30.5 Å². The average molecular weight is 239 g/mol. The summed E-state index contributed by atoms with van der Waals surface area (Å²) in [5.74, 6) is 0.201. The van der Waals surface area contributed by atoms with Gasteiger partial charge >= 0.3 is 0 Å². The van der Waals surface area contributed by atoms with Crippen molar-refractivity contribution in [2.75, 3.05) is 14.1 Å². The predicted molar refractivity (Wildman–Crippen MR) is 71.4 cm³/mol. The van der Waals surface area contributed by atoms with Gasteiger partial charge in [0, 0.05) is 24.7 Å². The van der Waals surface area contributed by atoms with Gasteiger partial charge in [0.25, 0.3) is 0 Å². The zero-order valence-electron chi connectivity index (χ0n) is 10.7. The largest absolute Gasteiger partial charge is 0.384 e. The van der Waals surface area contributed by atoms with E-state index in [0.717, 1.165) is 15.5 Å². The summed E-state index contributed by atoms with van der Waals surface area (Å²) >= 11 is 1.61. The van der Waals surface area contributed by atoms with Crippen molar-refractivity contribution in [3.8, 4) is 0 Å². The Labute approximate surface area is 102 Å². The van der Waals surface area contributed by atoms with Crippen LogP contribution < -0.4 is 0 Å². The van der Waals surface area contributed by atoms with Crippen LogP contribution in [0.4, 0.5) is 0 Å². The van der Waals surface area contributed by atoms with E-state index in [-0.39, 0.29) is 5.92 Å². The standard InChI is InChI=1S/C13H21NOS/c1-9(2)13(4,15)12-8-7-11(16-12)10(3)14(5)6/h7-9,15H,3H2,1-2,4-6H3. The highest BCUT2D eigenvalue weighted by Gasteiger charge is 2.29. The Balaban J connectivity index is 3.00. The van der Waals surface area contributed by atoms with E-state index in [0.29, 0.717) is 0 Å². The van der Waals surface area contributed by atoms with Crippen LogP contribution in [0.3, 0.4) is 0 Å². The van der Waals surface area contributed by atoms with Gasteiger partial charge in [0.1, 0.15) is 0 Å². The van der Waals surface area contributed by atoms with Crippen LogP contribution in [-0.4, -0.2) is 24.1 Å². The highest BCUT2D eigenvalue weighted by atomic mass is 32.1. The SMILES string of the molecule is C=C(c1ccc(C(C)(O)C(C)C)s1)N(C)C. The van der Waals surface area contributed by atoms with Crippen LogP contribution in [-0.2, 0) is 5.60 Å². The molecule has 0 saturated heterocycles. The molecule has 16 heavy (non-hydrogen) atoms. The lowest BCUT2D eigenvalue weighted by molar-refractivity contribution is 0.0126. The molecule has 0 bridgehead atoms. The highest BCUT2D eigenvalue weighted by molar-refractivity contribution is 7.13. The molecule has 0 aliphatic carbocycles. The first-order valence-corrected chi connectivity index (χ1v) is 6.27. The van der Waals surface area contributed by atoms with E-state index in [9.17, 15) is 5.11 Å². The van der Waals surface area contributed by atoms with Crippen LogP contribution in [0.5, 0.6) is 0 Å². The molecule has 1 aromatic heterocycles. The van der Waals surface area contributed by atoms with Crippen LogP contribution >= 0.6 is 11.3 Å². The Hall–Kier alpha value is -0.800. The smallest absolute Gasteiger partial charge is 0.0982 e. The molecule has 2 nitrogen and oxygen atoms in total. The van der Waals surface area contributed by atoms with E-state index in [4.69, 9.17) is 0 Å². The molecule has 0 aromatic carbocycles. The van der Waals surface area contributed by atoms with Crippen molar-refractivity contribution >= 4 is 17.0 Å². The zero-order chi connectivity index (χ0) is 12.5. The molecule has 0 spiro atoms. The Morgan fingerprint density at radius 3 is 2.44 bits per heavy atom. The number of rotatable bonds is 4. The monoisotopic (exact) mass is 239 g/mol. The van der Waals surface area contributed by atoms with Crippen molar-refractivity contribution in [3.05, 3.63) is 28.5 Å². The molecule has 0 amide bonds. The first-order chi connectivity index (χ1) is 7.26. The zero-order valence-corrected chi connectivity index (χ0v) is 11.6. The predicted octanol–water partition coefficient (Wildman–Crippen LogP) is 3.14. The molecule has 1 rings (SSSR count). The second kappa shape index (κ2) is 4.60. The molecule has 0 saturated carbocycles. The van der Waals surface area contributed by atoms with Crippen molar-refractivity contribution < 1.29 is 5.11 Å². The summed E-state index contributed by atoms with van der Waals surface area (Å²) in [6.07, 6.45) is 0. The lowest BCUT2D eigenvalue weighted by Crippen LogP contribution is -2.26. The van der Waals surface area contributed by atoms with Crippen LogP contribution in [0.15, 0.2) is 18.7 Å². The molecule has 3 heteroatoms. The van der Waals surface area contributed by atoms with Gasteiger partial charge in [-0.15, -0.1) is 11.3 Å². The van der Waals surface area contributed by atoms with Gasteiger partial charge in [0.2, 0.25) is 0 Å². The summed E-state index contributed by atoms with van der Waals surface area (Å²) in [5.41, 5.74) is 0.228. The lowest BCUT2D eigenvalue weighted by Gasteiger charge is -2.26. The molecule has 1 atom stereocenters. The Bertz CT molecular complexity index is 377. The van der Waals surface area contributed by atoms with Gasteiger partial charge in [-0.2, -0.15) is 0 Å². The second-order valence-electron chi connectivity index (χ2n) is 4.81. The fourth-order valence-corrected chi connectivity index (χ4v) is 2.52. The molecule has 0 radical (unpaired) electrons. The Morgan fingerprint density at radius 1 is 1.44 bits per heavy atom. The minimum absolute atomic E-state index is 0.201. The van der Waals surface area contributed by atoms with E-state index >= 15 is 0 Å². The maximum atomic E-state index is 10.4. The topological polar surface area (TPSA) is 23.5 Å². The quantitative estimate of drug-likeness (QED) is 0.872. The molecule has 1 heterocycles. The van der Waals surface area contributed by atoms with Gasteiger partial charge in [-0.1, -0.05) is 20.4 Å². The lowest BCUT2D eigenvalue weighted by atomic mass is 9.91. The van der Waals surface area contributed by atoms with Crippen molar-refractivity contribution in [1.29, 1.82) is 0 Å². The first kappa shape index (κ1) is 13.3. The fourth-order valence-electron chi connectivity index (χ4n) is 1.27. The van der Waals surface area contributed by atoms with Crippen molar-refractivity contribution in [2.45, 2.75) is 26.4 Å². The molecular weight excluding hydrogens is 218 g/mol. The molecule has 0 fully saturated rings. The average Bonchev–Trinajstić information content (AvgIpc) is 2.65. The van der Waals surface area contributed by atoms with E-state index < -0.39 is 5.60 Å². The van der Waals surface area contributed by atoms with E-state index in [1.54, 1.807) is 11.3 Å². The van der Waals surface area contributed by atoms with Crippen LogP contribution in [0.25, 0.3) is 5.70 Å². The Morgan fingerprint density at radius 2 is 2.00 bits per heavy atom.